The van der Waals surface area contributed by atoms with Crippen molar-refractivity contribution < 1.29 is 4.39 Å². The number of rotatable bonds is 2. The van der Waals surface area contributed by atoms with Gasteiger partial charge in [-0.2, -0.15) is 5.10 Å². The van der Waals surface area contributed by atoms with Crippen molar-refractivity contribution in [1.29, 1.82) is 0 Å². The molecule has 1 aromatic carbocycles. The Balaban J connectivity index is 2.49. The number of nitrogens with one attached hydrogen (secondary N) is 1. The van der Waals surface area contributed by atoms with Crippen LogP contribution in [0.2, 0.25) is 5.02 Å². The first kappa shape index (κ1) is 13.7. The number of aromatic nitrogens is 4. The lowest BCUT2D eigenvalue weighted by Gasteiger charge is -2.14. The van der Waals surface area contributed by atoms with Gasteiger partial charge in [0.1, 0.15) is 11.6 Å². The number of H-pyrrole nitrogens is 1. The van der Waals surface area contributed by atoms with E-state index in [0.29, 0.717) is 11.5 Å². The van der Waals surface area contributed by atoms with Gasteiger partial charge >= 0.3 is 0 Å². The van der Waals surface area contributed by atoms with Crippen molar-refractivity contribution >= 4 is 22.5 Å². The van der Waals surface area contributed by atoms with E-state index in [1.54, 1.807) is 6.92 Å². The highest BCUT2D eigenvalue weighted by molar-refractivity contribution is 6.35. The van der Waals surface area contributed by atoms with Crippen LogP contribution in [0.5, 0.6) is 0 Å². The van der Waals surface area contributed by atoms with E-state index in [9.17, 15) is 9.18 Å². The summed E-state index contributed by atoms with van der Waals surface area (Å²) in [5, 5.41) is 6.58. The van der Waals surface area contributed by atoms with Crippen molar-refractivity contribution in [3.8, 4) is 5.69 Å². The van der Waals surface area contributed by atoms with Crippen LogP contribution in [-0.2, 0) is 0 Å². The molecule has 0 saturated carbocycles. The van der Waals surface area contributed by atoms with E-state index < -0.39 is 17.4 Å². The van der Waals surface area contributed by atoms with E-state index in [4.69, 9.17) is 17.3 Å². The van der Waals surface area contributed by atoms with Gasteiger partial charge in [-0.25, -0.2) is 9.37 Å². The van der Waals surface area contributed by atoms with Gasteiger partial charge in [0.25, 0.3) is 5.56 Å². The molecule has 3 N–H and O–H groups in total. The number of fused-ring (bicyclic) bond motifs is 1. The molecule has 6 nitrogen and oxygen atoms in total. The van der Waals surface area contributed by atoms with Gasteiger partial charge in [-0.15, -0.1) is 0 Å². The molecule has 0 bridgehead atoms. The van der Waals surface area contributed by atoms with Gasteiger partial charge < -0.3 is 5.73 Å². The summed E-state index contributed by atoms with van der Waals surface area (Å²) >= 11 is 5.98. The number of benzene rings is 1. The van der Waals surface area contributed by atoms with Gasteiger partial charge in [0.2, 0.25) is 0 Å². The second-order valence-corrected chi connectivity index (χ2v) is 5.05. The summed E-state index contributed by atoms with van der Waals surface area (Å²) in [6.45, 7) is 1.70. The lowest BCUT2D eigenvalue weighted by molar-refractivity contribution is 0.628. The fourth-order valence-electron chi connectivity index (χ4n) is 2.15. The van der Waals surface area contributed by atoms with E-state index >= 15 is 0 Å². The molecule has 108 valence electrons. The number of hydrogen-bond donors (Lipinski definition) is 2. The van der Waals surface area contributed by atoms with Crippen LogP contribution in [0.3, 0.4) is 0 Å². The molecule has 0 spiro atoms. The summed E-state index contributed by atoms with van der Waals surface area (Å²) in [5.41, 5.74) is 6.15. The second-order valence-electron chi connectivity index (χ2n) is 4.64. The number of halogens is 2. The van der Waals surface area contributed by atoms with Crippen LogP contribution in [0.15, 0.2) is 29.3 Å². The first-order valence-corrected chi connectivity index (χ1v) is 6.53. The largest absolute Gasteiger partial charge is 0.322 e. The third kappa shape index (κ3) is 2.20. The van der Waals surface area contributed by atoms with E-state index in [-0.39, 0.29) is 15.9 Å². The number of aromatic amines is 1. The molecule has 0 fully saturated rings. The third-order valence-corrected chi connectivity index (χ3v) is 3.35. The van der Waals surface area contributed by atoms with Crippen molar-refractivity contribution in [2.75, 3.05) is 0 Å². The Morgan fingerprint density at radius 3 is 2.86 bits per heavy atom. The van der Waals surface area contributed by atoms with Crippen LogP contribution in [0.1, 0.15) is 18.8 Å². The van der Waals surface area contributed by atoms with Crippen LogP contribution in [0.25, 0.3) is 16.6 Å². The Bertz CT molecular complexity index is 872. The molecule has 2 heterocycles. The smallest absolute Gasteiger partial charge is 0.266 e. The predicted octanol–water partition coefficient (Wildman–Crippen LogP) is 1.92. The summed E-state index contributed by atoms with van der Waals surface area (Å²) in [4.78, 5) is 17.0. The Morgan fingerprint density at radius 2 is 2.24 bits per heavy atom. The number of hydrogen-bond acceptors (Lipinski definition) is 4. The highest BCUT2D eigenvalue weighted by Gasteiger charge is 2.18. The summed E-state index contributed by atoms with van der Waals surface area (Å²) in [6.07, 6.45) is 2.99. The monoisotopic (exact) mass is 307 g/mol. The van der Waals surface area contributed by atoms with Gasteiger partial charge in [-0.3, -0.25) is 14.5 Å². The minimum absolute atomic E-state index is 0.0725. The molecule has 0 saturated heterocycles. The standard InChI is InChI=1S/C13H11ClFN5O/c1-6(16)12-19-11-9(2-7(15)3-10(11)14)13(21)20(12)8-4-17-18-5-8/h2-6H,16H2,1H3,(H,17,18). The predicted molar refractivity (Wildman–Crippen MR) is 77.1 cm³/mol. The minimum Gasteiger partial charge on any atom is -0.322 e. The molecule has 2 aromatic heterocycles. The lowest BCUT2D eigenvalue weighted by Crippen LogP contribution is -2.27. The van der Waals surface area contributed by atoms with Gasteiger partial charge in [-0.1, -0.05) is 11.6 Å². The second kappa shape index (κ2) is 4.94. The topological polar surface area (TPSA) is 89.6 Å². The van der Waals surface area contributed by atoms with E-state index in [2.05, 4.69) is 15.2 Å². The van der Waals surface area contributed by atoms with Crippen LogP contribution < -0.4 is 11.3 Å². The van der Waals surface area contributed by atoms with Crippen molar-refractivity contribution in [2.45, 2.75) is 13.0 Å². The first-order chi connectivity index (χ1) is 9.99. The number of nitrogens with zero attached hydrogens (tertiary/aromatic N) is 3. The number of nitrogens with two attached hydrogens (primary N) is 1. The lowest BCUT2D eigenvalue weighted by atomic mass is 10.2. The normalized spacial score (nSPS) is 12.8. The molecule has 0 aliphatic carbocycles. The molecule has 0 radical (unpaired) electrons. The van der Waals surface area contributed by atoms with Crippen LogP contribution >= 0.6 is 11.6 Å². The highest BCUT2D eigenvalue weighted by atomic mass is 35.5. The maximum atomic E-state index is 13.5. The zero-order valence-corrected chi connectivity index (χ0v) is 11.7. The Hall–Kier alpha value is -2.25. The van der Waals surface area contributed by atoms with E-state index in [1.807, 2.05) is 0 Å². The molecule has 1 unspecified atom stereocenters. The Labute approximate surface area is 123 Å². The van der Waals surface area contributed by atoms with Crippen molar-refractivity contribution in [2.24, 2.45) is 5.73 Å². The average Bonchev–Trinajstić information content (AvgIpc) is 2.92. The summed E-state index contributed by atoms with van der Waals surface area (Å²) < 4.78 is 14.8. The minimum atomic E-state index is -0.598. The van der Waals surface area contributed by atoms with Gasteiger partial charge in [-0.05, 0) is 19.1 Å². The highest BCUT2D eigenvalue weighted by Crippen LogP contribution is 2.23. The molecule has 0 aliphatic heterocycles. The van der Waals surface area contributed by atoms with Crippen molar-refractivity contribution in [1.82, 2.24) is 19.7 Å². The summed E-state index contributed by atoms with van der Waals surface area (Å²) in [6, 6.07) is 1.71. The molecule has 3 rings (SSSR count). The van der Waals surface area contributed by atoms with Gasteiger partial charge in [0.15, 0.2) is 0 Å². The first-order valence-electron chi connectivity index (χ1n) is 6.15. The SMILES string of the molecule is CC(N)c1nc2c(Cl)cc(F)cc2c(=O)n1-c1cn[nH]c1. The van der Waals surface area contributed by atoms with Crippen LogP contribution in [0.4, 0.5) is 4.39 Å². The molecule has 0 aliphatic rings. The summed E-state index contributed by atoms with van der Waals surface area (Å²) in [7, 11) is 0. The molecule has 8 heteroatoms. The van der Waals surface area contributed by atoms with Crippen LogP contribution in [0, 0.1) is 5.82 Å². The van der Waals surface area contributed by atoms with E-state index in [0.717, 1.165) is 12.1 Å². The van der Waals surface area contributed by atoms with Gasteiger partial charge in [0, 0.05) is 6.20 Å². The molecular weight excluding hydrogens is 297 g/mol. The Kier molecular flexibility index (Phi) is 3.23. The molecule has 1 atom stereocenters. The van der Waals surface area contributed by atoms with Crippen molar-refractivity contribution in [3.05, 3.63) is 51.5 Å². The fourth-order valence-corrected chi connectivity index (χ4v) is 2.40. The Morgan fingerprint density at radius 1 is 1.48 bits per heavy atom. The third-order valence-electron chi connectivity index (χ3n) is 3.07. The quantitative estimate of drug-likeness (QED) is 0.757. The van der Waals surface area contributed by atoms with Gasteiger partial charge in [0.05, 0.1) is 33.9 Å². The van der Waals surface area contributed by atoms with Crippen LogP contribution in [-0.4, -0.2) is 19.7 Å². The molecule has 0 amide bonds. The van der Waals surface area contributed by atoms with E-state index in [1.165, 1.54) is 17.0 Å². The maximum Gasteiger partial charge on any atom is 0.266 e. The maximum absolute atomic E-state index is 13.5. The zero-order chi connectivity index (χ0) is 15.1. The van der Waals surface area contributed by atoms with Crippen molar-refractivity contribution in [3.63, 3.8) is 0 Å². The zero-order valence-electron chi connectivity index (χ0n) is 11.0. The molecule has 3 aromatic rings. The average molecular weight is 308 g/mol. The molecular formula is C13H11ClFN5O. The molecule has 21 heavy (non-hydrogen) atoms. The fraction of sp³-hybridized carbons (Fsp3) is 0.154. The summed E-state index contributed by atoms with van der Waals surface area (Å²) in [5.74, 6) is -0.277.